The summed E-state index contributed by atoms with van der Waals surface area (Å²) in [6.45, 7) is 0. The lowest BCUT2D eigenvalue weighted by Crippen LogP contribution is -2.04. The van der Waals surface area contributed by atoms with Gasteiger partial charge >= 0.3 is 6.18 Å². The summed E-state index contributed by atoms with van der Waals surface area (Å²) >= 11 is 1.16. The molecule has 0 amide bonds. The normalized spacial score (nSPS) is 11.8. The number of aromatic nitrogens is 2. The summed E-state index contributed by atoms with van der Waals surface area (Å²) in [6.07, 6.45) is -2.78. The van der Waals surface area contributed by atoms with Crippen molar-refractivity contribution in [1.29, 1.82) is 0 Å². The van der Waals surface area contributed by atoms with E-state index in [0.717, 1.165) is 34.9 Å². The minimum Gasteiger partial charge on any atom is -0.252 e. The smallest absolute Gasteiger partial charge is 0.252 e. The van der Waals surface area contributed by atoms with E-state index < -0.39 is 11.7 Å². The maximum absolute atomic E-state index is 12.7. The first-order chi connectivity index (χ1) is 10.0. The molecule has 0 aliphatic rings. The molecule has 0 radical (unpaired) electrons. The first-order valence-electron chi connectivity index (χ1n) is 6.09. The van der Waals surface area contributed by atoms with Gasteiger partial charge in [-0.1, -0.05) is 30.0 Å². The van der Waals surface area contributed by atoms with Crippen LogP contribution in [0.15, 0.2) is 64.6 Å². The molecule has 2 aromatic carbocycles. The highest BCUT2D eigenvalue weighted by atomic mass is 32.2. The lowest BCUT2D eigenvalue weighted by Gasteiger charge is -2.08. The summed E-state index contributed by atoms with van der Waals surface area (Å²) in [7, 11) is 0. The summed E-state index contributed by atoms with van der Waals surface area (Å²) in [5.41, 5.74) is 0.807. The maximum Gasteiger partial charge on any atom is 0.416 e. The molecule has 0 spiro atoms. The number of alkyl halides is 3. The van der Waals surface area contributed by atoms with Gasteiger partial charge in [0.05, 0.1) is 22.8 Å². The van der Waals surface area contributed by atoms with Crippen molar-refractivity contribution in [2.45, 2.75) is 16.1 Å². The van der Waals surface area contributed by atoms with Crippen LogP contribution in [-0.4, -0.2) is 9.97 Å². The molecule has 0 unspecified atom stereocenters. The van der Waals surface area contributed by atoms with E-state index in [9.17, 15) is 13.2 Å². The third kappa shape index (κ3) is 3.16. The summed E-state index contributed by atoms with van der Waals surface area (Å²) in [4.78, 5) is 9.11. The molecule has 0 fully saturated rings. The van der Waals surface area contributed by atoms with Crippen LogP contribution in [0.25, 0.3) is 11.0 Å². The quantitative estimate of drug-likeness (QED) is 0.680. The standard InChI is InChI=1S/C15H9F3N2S/c16-15(17,18)10-4-3-5-11(8-10)21-14-9-19-12-6-1-2-7-13(12)20-14/h1-9H. The summed E-state index contributed by atoms with van der Waals surface area (Å²) in [6, 6.07) is 12.5. The fraction of sp³-hybridized carbons (Fsp3) is 0.0667. The van der Waals surface area contributed by atoms with E-state index in [4.69, 9.17) is 0 Å². The van der Waals surface area contributed by atoms with Gasteiger partial charge in [-0.15, -0.1) is 0 Å². The number of hydrogen-bond acceptors (Lipinski definition) is 3. The first-order valence-corrected chi connectivity index (χ1v) is 6.91. The van der Waals surface area contributed by atoms with Gasteiger partial charge in [0.15, 0.2) is 0 Å². The van der Waals surface area contributed by atoms with E-state index in [1.807, 2.05) is 24.3 Å². The molecule has 106 valence electrons. The maximum atomic E-state index is 12.7. The zero-order valence-electron chi connectivity index (χ0n) is 10.6. The van der Waals surface area contributed by atoms with Crippen LogP contribution in [-0.2, 0) is 6.18 Å². The van der Waals surface area contributed by atoms with Crippen LogP contribution in [0.2, 0.25) is 0 Å². The highest BCUT2D eigenvalue weighted by molar-refractivity contribution is 7.99. The molecule has 21 heavy (non-hydrogen) atoms. The second-order valence-electron chi connectivity index (χ2n) is 4.32. The molecular weight excluding hydrogens is 297 g/mol. The van der Waals surface area contributed by atoms with Gasteiger partial charge in [0, 0.05) is 4.90 Å². The Labute approximate surface area is 123 Å². The Balaban J connectivity index is 1.91. The molecule has 3 aromatic rings. The minimum atomic E-state index is -4.34. The van der Waals surface area contributed by atoms with Gasteiger partial charge in [0.25, 0.3) is 0 Å². The van der Waals surface area contributed by atoms with Gasteiger partial charge in [-0.3, -0.25) is 4.98 Å². The van der Waals surface area contributed by atoms with Gasteiger partial charge in [-0.05, 0) is 30.3 Å². The summed E-state index contributed by atoms with van der Waals surface area (Å²) in [5, 5.41) is 0.563. The summed E-state index contributed by atoms with van der Waals surface area (Å²) in [5.74, 6) is 0. The molecule has 1 heterocycles. The van der Waals surface area contributed by atoms with Crippen LogP contribution in [0.1, 0.15) is 5.56 Å². The molecule has 0 saturated carbocycles. The fourth-order valence-corrected chi connectivity index (χ4v) is 2.67. The second kappa shape index (κ2) is 5.37. The number of rotatable bonds is 2. The predicted molar refractivity (Wildman–Crippen MR) is 75.1 cm³/mol. The molecule has 0 atom stereocenters. The molecule has 0 saturated heterocycles. The van der Waals surface area contributed by atoms with Crippen molar-refractivity contribution in [2.75, 3.05) is 0 Å². The number of benzene rings is 2. The zero-order chi connectivity index (χ0) is 14.9. The van der Waals surface area contributed by atoms with Crippen LogP contribution >= 0.6 is 11.8 Å². The van der Waals surface area contributed by atoms with E-state index in [1.165, 1.54) is 6.07 Å². The highest BCUT2D eigenvalue weighted by Crippen LogP contribution is 2.33. The van der Waals surface area contributed by atoms with Crippen molar-refractivity contribution < 1.29 is 13.2 Å². The third-order valence-corrected chi connectivity index (χ3v) is 3.71. The second-order valence-corrected chi connectivity index (χ2v) is 5.42. The van der Waals surface area contributed by atoms with E-state index in [1.54, 1.807) is 12.3 Å². The lowest BCUT2D eigenvalue weighted by molar-refractivity contribution is -0.137. The number of halogens is 3. The Morgan fingerprint density at radius 2 is 1.67 bits per heavy atom. The van der Waals surface area contributed by atoms with Crippen molar-refractivity contribution in [3.05, 3.63) is 60.3 Å². The number of fused-ring (bicyclic) bond motifs is 1. The molecule has 3 rings (SSSR count). The van der Waals surface area contributed by atoms with E-state index in [2.05, 4.69) is 9.97 Å². The average molecular weight is 306 g/mol. The van der Waals surface area contributed by atoms with Gasteiger partial charge in [-0.2, -0.15) is 13.2 Å². The highest BCUT2D eigenvalue weighted by Gasteiger charge is 2.30. The Morgan fingerprint density at radius 3 is 2.43 bits per heavy atom. The Kier molecular flexibility index (Phi) is 3.55. The molecule has 6 heteroatoms. The number of nitrogens with zero attached hydrogens (tertiary/aromatic N) is 2. The van der Waals surface area contributed by atoms with E-state index >= 15 is 0 Å². The molecule has 1 aromatic heterocycles. The fourth-order valence-electron chi connectivity index (χ4n) is 1.85. The zero-order valence-corrected chi connectivity index (χ0v) is 11.4. The van der Waals surface area contributed by atoms with E-state index in [-0.39, 0.29) is 0 Å². The third-order valence-electron chi connectivity index (χ3n) is 2.81. The van der Waals surface area contributed by atoms with Gasteiger partial charge in [-0.25, -0.2) is 4.98 Å². The van der Waals surface area contributed by atoms with Crippen LogP contribution in [0.5, 0.6) is 0 Å². The van der Waals surface area contributed by atoms with Crippen LogP contribution < -0.4 is 0 Å². The average Bonchev–Trinajstić information content (AvgIpc) is 2.46. The Bertz CT molecular complexity index is 787. The van der Waals surface area contributed by atoms with Crippen molar-refractivity contribution in [3.8, 4) is 0 Å². The van der Waals surface area contributed by atoms with Crippen LogP contribution in [0.3, 0.4) is 0 Å². The Morgan fingerprint density at radius 1 is 0.905 bits per heavy atom. The minimum absolute atomic E-state index is 0.481. The van der Waals surface area contributed by atoms with Crippen molar-refractivity contribution in [1.82, 2.24) is 9.97 Å². The lowest BCUT2D eigenvalue weighted by atomic mass is 10.2. The number of hydrogen-bond donors (Lipinski definition) is 0. The largest absolute Gasteiger partial charge is 0.416 e. The van der Waals surface area contributed by atoms with Gasteiger partial charge in [0.1, 0.15) is 5.03 Å². The topological polar surface area (TPSA) is 25.8 Å². The summed E-state index contributed by atoms with van der Waals surface area (Å²) < 4.78 is 38.0. The van der Waals surface area contributed by atoms with Crippen LogP contribution in [0.4, 0.5) is 13.2 Å². The van der Waals surface area contributed by atoms with Gasteiger partial charge in [0.2, 0.25) is 0 Å². The Hall–Kier alpha value is -2.08. The molecule has 2 nitrogen and oxygen atoms in total. The first kappa shape index (κ1) is 13.9. The molecule has 0 aliphatic carbocycles. The molecule has 0 aliphatic heterocycles. The van der Waals surface area contributed by atoms with Crippen molar-refractivity contribution in [3.63, 3.8) is 0 Å². The van der Waals surface area contributed by atoms with Crippen molar-refractivity contribution in [2.24, 2.45) is 0 Å². The van der Waals surface area contributed by atoms with E-state index in [0.29, 0.717) is 9.92 Å². The monoisotopic (exact) mass is 306 g/mol. The van der Waals surface area contributed by atoms with Crippen molar-refractivity contribution >= 4 is 22.8 Å². The molecule has 0 N–H and O–H groups in total. The van der Waals surface area contributed by atoms with Gasteiger partial charge < -0.3 is 0 Å². The molecule has 0 bridgehead atoms. The predicted octanol–water partition coefficient (Wildman–Crippen LogP) is 4.80. The molecular formula is C15H9F3N2S. The SMILES string of the molecule is FC(F)(F)c1cccc(Sc2cnc3ccccc3n2)c1. The number of para-hydroxylation sites is 2. The van der Waals surface area contributed by atoms with Crippen LogP contribution in [0, 0.1) is 0 Å².